The van der Waals surface area contributed by atoms with E-state index in [0.717, 1.165) is 10.1 Å². The number of halogens is 2. The molecule has 1 amide bonds. The van der Waals surface area contributed by atoms with Crippen LogP contribution < -0.4 is 4.90 Å². The third kappa shape index (κ3) is 3.23. The zero-order chi connectivity index (χ0) is 18.1. The molecule has 4 aromatic rings. The van der Waals surface area contributed by atoms with Gasteiger partial charge in [0.05, 0.1) is 17.8 Å². The quantitative estimate of drug-likeness (QED) is 0.383. The van der Waals surface area contributed by atoms with Crippen LogP contribution in [-0.2, 0) is 6.54 Å². The Morgan fingerprint density at radius 2 is 1.88 bits per heavy atom. The van der Waals surface area contributed by atoms with Gasteiger partial charge in [-0.1, -0.05) is 47.5 Å². The molecule has 0 unspecified atom stereocenters. The Bertz CT molecular complexity index is 1070. The molecule has 0 saturated carbocycles. The van der Waals surface area contributed by atoms with Crippen LogP contribution in [0.2, 0.25) is 10.0 Å². The lowest BCUT2D eigenvalue weighted by Crippen LogP contribution is -2.29. The van der Waals surface area contributed by atoms with Gasteiger partial charge in [0.25, 0.3) is 5.91 Å². The first-order chi connectivity index (χ1) is 12.6. The van der Waals surface area contributed by atoms with E-state index in [4.69, 9.17) is 27.6 Å². The molecule has 0 N–H and O–H groups in total. The molecule has 0 bridgehead atoms. The van der Waals surface area contributed by atoms with Gasteiger partial charge in [-0.2, -0.15) is 0 Å². The number of hydrogen-bond acceptors (Lipinski definition) is 3. The number of rotatable bonds is 4. The van der Waals surface area contributed by atoms with Crippen molar-refractivity contribution in [2.45, 2.75) is 6.54 Å². The van der Waals surface area contributed by atoms with Crippen LogP contribution in [0.5, 0.6) is 0 Å². The molecule has 0 atom stereocenters. The SMILES string of the molecule is O=C(c1sc2ccccc2c1Cl)N(Cc1ccco1)c1cccc(Cl)c1. The second-order valence-electron chi connectivity index (χ2n) is 5.69. The second kappa shape index (κ2) is 7.16. The number of hydrogen-bond donors (Lipinski definition) is 0. The molecule has 0 spiro atoms. The highest BCUT2D eigenvalue weighted by molar-refractivity contribution is 7.21. The van der Waals surface area contributed by atoms with E-state index in [-0.39, 0.29) is 12.5 Å². The highest BCUT2D eigenvalue weighted by Gasteiger charge is 2.25. The summed E-state index contributed by atoms with van der Waals surface area (Å²) in [6.45, 7) is 0.288. The average Bonchev–Trinajstić information content (AvgIpc) is 3.27. The number of anilines is 1. The third-order valence-electron chi connectivity index (χ3n) is 3.99. The van der Waals surface area contributed by atoms with E-state index in [1.165, 1.54) is 11.3 Å². The summed E-state index contributed by atoms with van der Waals surface area (Å²) in [4.78, 5) is 15.5. The van der Waals surface area contributed by atoms with Crippen LogP contribution in [0, 0.1) is 0 Å². The molecule has 2 aromatic heterocycles. The van der Waals surface area contributed by atoms with E-state index in [1.54, 1.807) is 29.4 Å². The molecule has 4 rings (SSSR count). The minimum atomic E-state index is -0.185. The smallest absolute Gasteiger partial charge is 0.270 e. The van der Waals surface area contributed by atoms with Crippen LogP contribution in [0.25, 0.3) is 10.1 Å². The van der Waals surface area contributed by atoms with Crippen LogP contribution >= 0.6 is 34.5 Å². The van der Waals surface area contributed by atoms with Crippen molar-refractivity contribution in [2.24, 2.45) is 0 Å². The maximum Gasteiger partial charge on any atom is 0.270 e. The molecule has 6 heteroatoms. The first-order valence-corrected chi connectivity index (χ1v) is 9.47. The summed E-state index contributed by atoms with van der Waals surface area (Å²) in [6.07, 6.45) is 1.59. The van der Waals surface area contributed by atoms with Crippen molar-refractivity contribution < 1.29 is 9.21 Å². The van der Waals surface area contributed by atoms with Gasteiger partial charge in [0.1, 0.15) is 10.6 Å². The summed E-state index contributed by atoms with van der Waals surface area (Å²) in [5.74, 6) is 0.491. The van der Waals surface area contributed by atoms with Crippen LogP contribution in [0.1, 0.15) is 15.4 Å². The highest BCUT2D eigenvalue weighted by atomic mass is 35.5. The summed E-state index contributed by atoms with van der Waals surface area (Å²) >= 11 is 14.0. The normalized spacial score (nSPS) is 11.0. The minimum Gasteiger partial charge on any atom is -0.467 e. The van der Waals surface area contributed by atoms with E-state index in [0.29, 0.717) is 26.4 Å². The summed E-state index contributed by atoms with van der Waals surface area (Å²) in [5, 5.41) is 1.91. The van der Waals surface area contributed by atoms with Crippen LogP contribution in [0.3, 0.4) is 0 Å². The summed E-state index contributed by atoms with van der Waals surface area (Å²) in [6, 6.07) is 18.5. The first kappa shape index (κ1) is 17.2. The number of fused-ring (bicyclic) bond motifs is 1. The van der Waals surface area contributed by atoms with Crippen LogP contribution in [0.15, 0.2) is 71.3 Å². The molecular formula is C20H13Cl2NO2S. The van der Waals surface area contributed by atoms with Gasteiger partial charge in [-0.05, 0) is 36.4 Å². The lowest BCUT2D eigenvalue weighted by molar-refractivity contribution is 0.0987. The van der Waals surface area contributed by atoms with Crippen molar-refractivity contribution in [1.29, 1.82) is 0 Å². The highest BCUT2D eigenvalue weighted by Crippen LogP contribution is 2.37. The summed E-state index contributed by atoms with van der Waals surface area (Å²) < 4.78 is 6.41. The Hall–Kier alpha value is -2.27. The average molecular weight is 402 g/mol. The number of nitrogens with zero attached hydrogens (tertiary/aromatic N) is 1. The number of benzene rings is 2. The van der Waals surface area contributed by atoms with Crippen LogP contribution in [0.4, 0.5) is 5.69 Å². The molecule has 26 heavy (non-hydrogen) atoms. The number of carbonyl (C=O) groups is 1. The van der Waals surface area contributed by atoms with Gasteiger partial charge in [0.2, 0.25) is 0 Å². The molecule has 130 valence electrons. The molecule has 0 aliphatic carbocycles. The first-order valence-electron chi connectivity index (χ1n) is 7.90. The number of carbonyl (C=O) groups excluding carboxylic acids is 1. The van der Waals surface area contributed by atoms with E-state index in [9.17, 15) is 4.79 Å². The van der Waals surface area contributed by atoms with E-state index >= 15 is 0 Å². The number of amides is 1. The Labute approximate surface area is 164 Å². The molecule has 0 aliphatic heterocycles. The second-order valence-corrected chi connectivity index (χ2v) is 7.56. The molecular weight excluding hydrogens is 389 g/mol. The Balaban J connectivity index is 1.79. The Kier molecular flexibility index (Phi) is 4.72. The van der Waals surface area contributed by atoms with Crippen molar-refractivity contribution in [3.05, 3.63) is 87.6 Å². The third-order valence-corrected chi connectivity index (χ3v) is 5.89. The predicted octanol–water partition coefficient (Wildman–Crippen LogP) is 6.65. The minimum absolute atomic E-state index is 0.185. The molecule has 2 heterocycles. The van der Waals surface area contributed by atoms with Crippen molar-refractivity contribution in [2.75, 3.05) is 4.90 Å². The molecule has 0 saturated heterocycles. The largest absolute Gasteiger partial charge is 0.467 e. The fraction of sp³-hybridized carbons (Fsp3) is 0.0500. The van der Waals surface area contributed by atoms with Gasteiger partial charge in [-0.15, -0.1) is 11.3 Å². The van der Waals surface area contributed by atoms with Gasteiger partial charge in [-0.3, -0.25) is 9.69 Å². The monoisotopic (exact) mass is 401 g/mol. The molecule has 0 fully saturated rings. The van der Waals surface area contributed by atoms with Crippen LogP contribution in [-0.4, -0.2) is 5.91 Å². The lowest BCUT2D eigenvalue weighted by atomic mass is 10.2. The Morgan fingerprint density at radius 3 is 2.62 bits per heavy atom. The van der Waals surface area contributed by atoms with Crippen molar-refractivity contribution in [1.82, 2.24) is 0 Å². The Morgan fingerprint density at radius 1 is 1.04 bits per heavy atom. The zero-order valence-corrected chi connectivity index (χ0v) is 15.8. The maximum absolute atomic E-state index is 13.3. The fourth-order valence-electron chi connectivity index (χ4n) is 2.76. The van der Waals surface area contributed by atoms with Gasteiger partial charge in [0, 0.05) is 20.8 Å². The standard InChI is InChI=1S/C20H13Cl2NO2S/c21-13-5-3-6-14(11-13)23(12-15-7-4-10-25-15)20(24)19-18(22)16-8-1-2-9-17(16)26-19/h1-11H,12H2. The van der Waals surface area contributed by atoms with Gasteiger partial charge in [-0.25, -0.2) is 0 Å². The van der Waals surface area contributed by atoms with Gasteiger partial charge < -0.3 is 4.42 Å². The summed E-state index contributed by atoms with van der Waals surface area (Å²) in [5.41, 5.74) is 0.687. The van der Waals surface area contributed by atoms with E-state index in [2.05, 4.69) is 0 Å². The van der Waals surface area contributed by atoms with Crippen molar-refractivity contribution in [3.63, 3.8) is 0 Å². The summed E-state index contributed by atoms with van der Waals surface area (Å²) in [7, 11) is 0. The maximum atomic E-state index is 13.3. The molecule has 3 nitrogen and oxygen atoms in total. The van der Waals surface area contributed by atoms with Gasteiger partial charge >= 0.3 is 0 Å². The number of furan rings is 1. The zero-order valence-electron chi connectivity index (χ0n) is 13.5. The van der Waals surface area contributed by atoms with Gasteiger partial charge in [0.15, 0.2) is 0 Å². The van der Waals surface area contributed by atoms with Crippen molar-refractivity contribution >= 4 is 56.2 Å². The number of thiophene rings is 1. The molecule has 2 aromatic carbocycles. The topological polar surface area (TPSA) is 33.5 Å². The molecule has 0 aliphatic rings. The predicted molar refractivity (Wildman–Crippen MR) is 108 cm³/mol. The fourth-order valence-corrected chi connectivity index (χ4v) is 4.40. The lowest BCUT2D eigenvalue weighted by Gasteiger charge is -2.21. The van der Waals surface area contributed by atoms with Crippen molar-refractivity contribution in [3.8, 4) is 0 Å². The molecule has 0 radical (unpaired) electrons. The van der Waals surface area contributed by atoms with E-state index < -0.39 is 0 Å². The van der Waals surface area contributed by atoms with E-state index in [1.807, 2.05) is 42.5 Å².